The maximum absolute atomic E-state index is 12.2. The van der Waals surface area contributed by atoms with Gasteiger partial charge in [-0.15, -0.1) is 0 Å². The lowest BCUT2D eigenvalue weighted by molar-refractivity contribution is 0.0186. The van der Waals surface area contributed by atoms with Gasteiger partial charge in [0.25, 0.3) is 0 Å². The number of likely N-dealkylation sites (tertiary alicyclic amines) is 1. The minimum atomic E-state index is -0.463. The first kappa shape index (κ1) is 15.8. The van der Waals surface area contributed by atoms with Crippen molar-refractivity contribution in [3.05, 3.63) is 35.4 Å². The molecule has 0 spiro atoms. The van der Waals surface area contributed by atoms with Gasteiger partial charge in [0.15, 0.2) is 0 Å². The normalized spacial score (nSPS) is 23.0. The van der Waals surface area contributed by atoms with Crippen molar-refractivity contribution < 1.29 is 9.53 Å². The molecule has 0 aromatic heterocycles. The number of amides is 1. The fourth-order valence-corrected chi connectivity index (χ4v) is 2.72. The van der Waals surface area contributed by atoms with E-state index in [1.807, 2.05) is 26.8 Å². The maximum Gasteiger partial charge on any atom is 0.410 e. The Morgan fingerprint density at radius 1 is 1.38 bits per heavy atom. The fraction of sp³-hybridized carbons (Fsp3) is 0.588. The number of rotatable bonds is 1. The second-order valence-corrected chi connectivity index (χ2v) is 6.90. The molecule has 1 aliphatic heterocycles. The van der Waals surface area contributed by atoms with Gasteiger partial charge in [-0.05, 0) is 39.7 Å². The average Bonchev–Trinajstić information content (AvgIpc) is 2.37. The highest BCUT2D eigenvalue weighted by atomic mass is 16.6. The lowest BCUT2D eigenvalue weighted by Gasteiger charge is -2.37. The van der Waals surface area contributed by atoms with Gasteiger partial charge in [-0.25, -0.2) is 4.79 Å². The minimum absolute atomic E-state index is 0.0884. The van der Waals surface area contributed by atoms with Gasteiger partial charge < -0.3 is 15.4 Å². The molecule has 0 aliphatic carbocycles. The Kier molecular flexibility index (Phi) is 4.57. The number of benzene rings is 1. The Labute approximate surface area is 127 Å². The Bertz CT molecular complexity index is 508. The Hall–Kier alpha value is -1.55. The summed E-state index contributed by atoms with van der Waals surface area (Å²) in [6, 6.07) is 8.46. The monoisotopic (exact) mass is 290 g/mol. The van der Waals surface area contributed by atoms with Crippen LogP contribution in [0.2, 0.25) is 0 Å². The second-order valence-electron chi connectivity index (χ2n) is 6.90. The molecule has 1 saturated heterocycles. The molecule has 4 heteroatoms. The molecule has 2 N–H and O–H groups in total. The number of carbonyl (C=O) groups is 1. The third-order valence-electron chi connectivity index (χ3n) is 3.79. The van der Waals surface area contributed by atoms with Gasteiger partial charge in [0.1, 0.15) is 5.60 Å². The number of ether oxygens (including phenoxy) is 1. The van der Waals surface area contributed by atoms with Crippen LogP contribution in [0.1, 0.15) is 44.2 Å². The first-order valence-corrected chi connectivity index (χ1v) is 7.56. The van der Waals surface area contributed by atoms with Gasteiger partial charge in [0.2, 0.25) is 0 Å². The third kappa shape index (κ3) is 4.21. The molecule has 1 aromatic carbocycles. The van der Waals surface area contributed by atoms with Gasteiger partial charge in [-0.2, -0.15) is 0 Å². The molecule has 1 aromatic rings. The van der Waals surface area contributed by atoms with Crippen molar-refractivity contribution >= 4 is 6.09 Å². The van der Waals surface area contributed by atoms with Gasteiger partial charge in [-0.3, -0.25) is 0 Å². The van der Waals surface area contributed by atoms with E-state index in [1.165, 1.54) is 11.1 Å². The zero-order valence-electron chi connectivity index (χ0n) is 13.4. The quantitative estimate of drug-likeness (QED) is 0.865. The SMILES string of the molecule is Cc1cccc(C2CN(C(=O)OC(C)(C)C)CCC2N)c1. The topological polar surface area (TPSA) is 55.6 Å². The van der Waals surface area contributed by atoms with Crippen molar-refractivity contribution in [3.63, 3.8) is 0 Å². The Balaban J connectivity index is 2.11. The van der Waals surface area contributed by atoms with E-state index in [1.54, 1.807) is 4.90 Å². The fourth-order valence-electron chi connectivity index (χ4n) is 2.72. The number of hydrogen-bond donors (Lipinski definition) is 1. The van der Waals surface area contributed by atoms with Crippen LogP contribution in [0, 0.1) is 6.92 Å². The number of carbonyl (C=O) groups excluding carboxylic acids is 1. The smallest absolute Gasteiger partial charge is 0.410 e. The van der Waals surface area contributed by atoms with E-state index in [0.717, 1.165) is 6.42 Å². The van der Waals surface area contributed by atoms with Crippen LogP contribution in [0.3, 0.4) is 0 Å². The largest absolute Gasteiger partial charge is 0.444 e. The van der Waals surface area contributed by atoms with E-state index in [2.05, 4.69) is 25.1 Å². The summed E-state index contributed by atoms with van der Waals surface area (Å²) < 4.78 is 5.47. The summed E-state index contributed by atoms with van der Waals surface area (Å²) in [4.78, 5) is 14.0. The molecule has 116 valence electrons. The molecule has 2 atom stereocenters. The molecule has 1 amide bonds. The van der Waals surface area contributed by atoms with Crippen LogP contribution in [-0.4, -0.2) is 35.7 Å². The molecule has 4 nitrogen and oxygen atoms in total. The molecule has 2 rings (SSSR count). The highest BCUT2D eigenvalue weighted by Gasteiger charge is 2.32. The van der Waals surface area contributed by atoms with Crippen LogP contribution in [0.15, 0.2) is 24.3 Å². The van der Waals surface area contributed by atoms with Crippen molar-refractivity contribution in [2.45, 2.75) is 51.7 Å². The molecule has 0 saturated carbocycles. The molecule has 0 radical (unpaired) electrons. The van der Waals surface area contributed by atoms with E-state index in [-0.39, 0.29) is 18.1 Å². The summed E-state index contributed by atoms with van der Waals surface area (Å²) >= 11 is 0. The van der Waals surface area contributed by atoms with Gasteiger partial charge in [0, 0.05) is 25.0 Å². The first-order valence-electron chi connectivity index (χ1n) is 7.56. The van der Waals surface area contributed by atoms with E-state index in [4.69, 9.17) is 10.5 Å². The van der Waals surface area contributed by atoms with Gasteiger partial charge >= 0.3 is 6.09 Å². The van der Waals surface area contributed by atoms with Gasteiger partial charge in [0.05, 0.1) is 0 Å². The van der Waals surface area contributed by atoms with Crippen LogP contribution >= 0.6 is 0 Å². The van der Waals surface area contributed by atoms with Gasteiger partial charge in [-0.1, -0.05) is 29.8 Å². The zero-order valence-corrected chi connectivity index (χ0v) is 13.4. The molecule has 0 bridgehead atoms. The van der Waals surface area contributed by atoms with E-state index in [9.17, 15) is 4.79 Å². The summed E-state index contributed by atoms with van der Waals surface area (Å²) in [7, 11) is 0. The molecular weight excluding hydrogens is 264 g/mol. The van der Waals surface area contributed by atoms with E-state index >= 15 is 0 Å². The number of hydrogen-bond acceptors (Lipinski definition) is 3. The number of nitrogens with two attached hydrogens (primary N) is 1. The predicted molar refractivity (Wildman–Crippen MR) is 84.3 cm³/mol. The molecule has 21 heavy (non-hydrogen) atoms. The Morgan fingerprint density at radius 2 is 2.10 bits per heavy atom. The summed E-state index contributed by atoms with van der Waals surface area (Å²) in [5.74, 6) is 0.172. The van der Waals surface area contributed by atoms with Crippen LogP contribution in [0.25, 0.3) is 0 Å². The summed E-state index contributed by atoms with van der Waals surface area (Å²) in [6.07, 6.45) is 0.560. The third-order valence-corrected chi connectivity index (χ3v) is 3.79. The van der Waals surface area contributed by atoms with Crippen LogP contribution < -0.4 is 5.73 Å². The summed E-state index contributed by atoms with van der Waals surface area (Å²) in [5, 5.41) is 0. The highest BCUT2D eigenvalue weighted by molar-refractivity contribution is 5.68. The van der Waals surface area contributed by atoms with Crippen LogP contribution in [0.5, 0.6) is 0 Å². The average molecular weight is 290 g/mol. The molecule has 1 heterocycles. The van der Waals surface area contributed by atoms with Crippen molar-refractivity contribution in [2.24, 2.45) is 5.73 Å². The summed E-state index contributed by atoms with van der Waals surface area (Å²) in [5.41, 5.74) is 8.23. The maximum atomic E-state index is 12.2. The lowest BCUT2D eigenvalue weighted by Crippen LogP contribution is -2.49. The minimum Gasteiger partial charge on any atom is -0.444 e. The Morgan fingerprint density at radius 3 is 2.71 bits per heavy atom. The second kappa shape index (κ2) is 6.06. The standard InChI is InChI=1S/C17H26N2O2/c1-12-6-5-7-13(10-12)14-11-19(9-8-15(14)18)16(20)21-17(2,3)4/h5-7,10,14-15H,8-9,11,18H2,1-4H3. The number of aryl methyl sites for hydroxylation is 1. The van der Waals surface area contributed by atoms with Crippen LogP contribution in [0.4, 0.5) is 4.79 Å². The van der Waals surface area contributed by atoms with E-state index in [0.29, 0.717) is 13.1 Å². The molecule has 1 aliphatic rings. The zero-order chi connectivity index (χ0) is 15.6. The molecular formula is C17H26N2O2. The van der Waals surface area contributed by atoms with Crippen molar-refractivity contribution in [3.8, 4) is 0 Å². The predicted octanol–water partition coefficient (Wildman–Crippen LogP) is 3.05. The first-order chi connectivity index (χ1) is 9.76. The van der Waals surface area contributed by atoms with Crippen molar-refractivity contribution in [1.82, 2.24) is 4.90 Å². The highest BCUT2D eigenvalue weighted by Crippen LogP contribution is 2.27. The lowest BCUT2D eigenvalue weighted by atomic mass is 9.86. The summed E-state index contributed by atoms with van der Waals surface area (Å²) in [6.45, 7) is 9.03. The van der Waals surface area contributed by atoms with Crippen molar-refractivity contribution in [1.29, 1.82) is 0 Å². The molecule has 1 fully saturated rings. The molecule has 2 unspecified atom stereocenters. The van der Waals surface area contributed by atoms with Crippen molar-refractivity contribution in [2.75, 3.05) is 13.1 Å². The number of nitrogens with zero attached hydrogens (tertiary/aromatic N) is 1. The van der Waals surface area contributed by atoms with Crippen LogP contribution in [-0.2, 0) is 4.74 Å². The number of piperidine rings is 1. The van der Waals surface area contributed by atoms with E-state index < -0.39 is 5.60 Å².